The van der Waals surface area contributed by atoms with Crippen molar-refractivity contribution in [3.63, 3.8) is 0 Å². The predicted octanol–water partition coefficient (Wildman–Crippen LogP) is 1.97. The Hall–Kier alpha value is -2.89. The Balaban J connectivity index is 2.18. The molecule has 0 aliphatic carbocycles. The molecule has 20 heavy (non-hydrogen) atoms. The molecule has 0 saturated carbocycles. The van der Waals surface area contributed by atoms with Crippen LogP contribution in [0.25, 0.3) is 17.1 Å². The molecule has 0 amide bonds. The Morgan fingerprint density at radius 1 is 1.20 bits per heavy atom. The highest BCUT2D eigenvalue weighted by Gasteiger charge is 2.19. The van der Waals surface area contributed by atoms with Crippen LogP contribution in [0.4, 0.5) is 0 Å². The summed E-state index contributed by atoms with van der Waals surface area (Å²) in [6.07, 6.45) is 3.13. The SMILES string of the molecule is Cn1nccc1-c1nn(-c2ccccc2)cc1C(=O)O. The molecule has 3 aromatic rings. The Morgan fingerprint density at radius 2 is 1.95 bits per heavy atom. The van der Waals surface area contributed by atoms with E-state index in [0.717, 1.165) is 5.69 Å². The zero-order valence-corrected chi connectivity index (χ0v) is 10.8. The van der Waals surface area contributed by atoms with Crippen LogP contribution in [-0.2, 0) is 7.05 Å². The molecule has 0 atom stereocenters. The molecule has 2 heterocycles. The van der Waals surface area contributed by atoms with Crippen molar-refractivity contribution in [1.29, 1.82) is 0 Å². The second kappa shape index (κ2) is 4.65. The van der Waals surface area contributed by atoms with Gasteiger partial charge >= 0.3 is 5.97 Å². The normalized spacial score (nSPS) is 10.7. The van der Waals surface area contributed by atoms with E-state index in [4.69, 9.17) is 0 Å². The van der Waals surface area contributed by atoms with E-state index in [1.54, 1.807) is 28.7 Å². The fourth-order valence-electron chi connectivity index (χ4n) is 2.04. The van der Waals surface area contributed by atoms with Crippen LogP contribution in [0.15, 0.2) is 48.8 Å². The summed E-state index contributed by atoms with van der Waals surface area (Å²) >= 11 is 0. The van der Waals surface area contributed by atoms with Gasteiger partial charge in [-0.1, -0.05) is 18.2 Å². The molecule has 0 fully saturated rings. The number of para-hydroxylation sites is 1. The summed E-state index contributed by atoms with van der Waals surface area (Å²) in [7, 11) is 1.75. The van der Waals surface area contributed by atoms with Crippen molar-refractivity contribution < 1.29 is 9.90 Å². The van der Waals surface area contributed by atoms with Crippen molar-refractivity contribution in [2.45, 2.75) is 0 Å². The lowest BCUT2D eigenvalue weighted by atomic mass is 10.2. The fourth-order valence-corrected chi connectivity index (χ4v) is 2.04. The van der Waals surface area contributed by atoms with Gasteiger partial charge in [0.25, 0.3) is 0 Å². The van der Waals surface area contributed by atoms with Gasteiger partial charge in [0.15, 0.2) is 0 Å². The zero-order chi connectivity index (χ0) is 14.1. The number of nitrogens with zero attached hydrogens (tertiary/aromatic N) is 4. The van der Waals surface area contributed by atoms with E-state index < -0.39 is 5.97 Å². The van der Waals surface area contributed by atoms with Crippen LogP contribution in [0.2, 0.25) is 0 Å². The number of aromatic nitrogens is 4. The van der Waals surface area contributed by atoms with Crippen LogP contribution < -0.4 is 0 Å². The van der Waals surface area contributed by atoms with Gasteiger partial charge in [0.05, 0.1) is 11.4 Å². The Kier molecular flexibility index (Phi) is 2.83. The predicted molar refractivity (Wildman–Crippen MR) is 72.7 cm³/mol. The van der Waals surface area contributed by atoms with Crippen molar-refractivity contribution in [3.05, 3.63) is 54.4 Å². The monoisotopic (exact) mass is 268 g/mol. The Labute approximate surface area is 114 Å². The number of benzene rings is 1. The van der Waals surface area contributed by atoms with E-state index >= 15 is 0 Å². The number of carbonyl (C=O) groups is 1. The minimum atomic E-state index is -1.01. The molecule has 6 heteroatoms. The molecular formula is C14H12N4O2. The molecule has 1 N–H and O–H groups in total. The van der Waals surface area contributed by atoms with Crippen LogP contribution in [0.3, 0.4) is 0 Å². The summed E-state index contributed by atoms with van der Waals surface area (Å²) in [5, 5.41) is 17.8. The molecule has 0 spiro atoms. The lowest BCUT2D eigenvalue weighted by Crippen LogP contribution is -2.00. The Bertz CT molecular complexity index is 759. The molecule has 0 aliphatic heterocycles. The van der Waals surface area contributed by atoms with Gasteiger partial charge in [-0.05, 0) is 18.2 Å². The van der Waals surface area contributed by atoms with Crippen LogP contribution in [0, 0.1) is 0 Å². The largest absolute Gasteiger partial charge is 0.478 e. The lowest BCUT2D eigenvalue weighted by Gasteiger charge is -2.00. The van der Waals surface area contributed by atoms with Gasteiger partial charge in [-0.15, -0.1) is 0 Å². The van der Waals surface area contributed by atoms with E-state index in [-0.39, 0.29) is 5.56 Å². The summed E-state index contributed by atoms with van der Waals surface area (Å²) in [5.74, 6) is -1.01. The van der Waals surface area contributed by atoms with Crippen molar-refractivity contribution in [1.82, 2.24) is 19.6 Å². The van der Waals surface area contributed by atoms with E-state index in [1.807, 2.05) is 30.3 Å². The van der Waals surface area contributed by atoms with Gasteiger partial charge in [0, 0.05) is 19.4 Å². The number of carboxylic acid groups (broad SMARTS) is 1. The zero-order valence-electron chi connectivity index (χ0n) is 10.8. The first kappa shape index (κ1) is 12.2. The lowest BCUT2D eigenvalue weighted by molar-refractivity contribution is 0.0697. The van der Waals surface area contributed by atoms with Gasteiger partial charge in [0.1, 0.15) is 11.3 Å². The third-order valence-electron chi connectivity index (χ3n) is 3.03. The number of aromatic carboxylic acids is 1. The Morgan fingerprint density at radius 3 is 2.55 bits per heavy atom. The maximum atomic E-state index is 11.4. The third-order valence-corrected chi connectivity index (χ3v) is 3.03. The second-order valence-corrected chi connectivity index (χ2v) is 4.32. The van der Waals surface area contributed by atoms with Gasteiger partial charge < -0.3 is 5.11 Å². The molecule has 6 nitrogen and oxygen atoms in total. The highest BCUT2D eigenvalue weighted by molar-refractivity contribution is 5.94. The quantitative estimate of drug-likeness (QED) is 0.788. The van der Waals surface area contributed by atoms with Crippen molar-refractivity contribution in [3.8, 4) is 17.1 Å². The molecule has 0 unspecified atom stereocenters. The van der Waals surface area contributed by atoms with Gasteiger partial charge in [-0.3, -0.25) is 4.68 Å². The molecule has 0 aliphatic rings. The summed E-state index contributed by atoms with van der Waals surface area (Å²) in [5.41, 5.74) is 2.03. The number of hydrogen-bond acceptors (Lipinski definition) is 3. The standard InChI is InChI=1S/C14H12N4O2/c1-17-12(7-8-15-17)13-11(14(19)20)9-18(16-13)10-5-3-2-4-6-10/h2-9H,1H3,(H,19,20). The van der Waals surface area contributed by atoms with E-state index in [1.165, 1.54) is 6.20 Å². The number of aryl methyl sites for hydroxylation is 1. The molecule has 100 valence electrons. The maximum absolute atomic E-state index is 11.4. The van der Waals surface area contributed by atoms with E-state index in [2.05, 4.69) is 10.2 Å². The second-order valence-electron chi connectivity index (χ2n) is 4.32. The highest BCUT2D eigenvalue weighted by atomic mass is 16.4. The van der Waals surface area contributed by atoms with Crippen molar-refractivity contribution in [2.75, 3.05) is 0 Å². The first-order valence-corrected chi connectivity index (χ1v) is 6.03. The molecule has 0 saturated heterocycles. The average molecular weight is 268 g/mol. The number of rotatable bonds is 3. The summed E-state index contributed by atoms with van der Waals surface area (Å²) in [4.78, 5) is 11.4. The van der Waals surface area contributed by atoms with Crippen LogP contribution in [-0.4, -0.2) is 30.6 Å². The van der Waals surface area contributed by atoms with Gasteiger partial charge in [-0.2, -0.15) is 10.2 Å². The maximum Gasteiger partial charge on any atom is 0.339 e. The number of carboxylic acids is 1. The molecule has 3 rings (SSSR count). The molecule has 1 aromatic carbocycles. The fraction of sp³-hybridized carbons (Fsp3) is 0.0714. The van der Waals surface area contributed by atoms with Crippen LogP contribution in [0.5, 0.6) is 0 Å². The molecular weight excluding hydrogens is 256 g/mol. The molecule has 2 aromatic heterocycles. The van der Waals surface area contributed by atoms with Crippen molar-refractivity contribution >= 4 is 5.97 Å². The van der Waals surface area contributed by atoms with Crippen LogP contribution in [0.1, 0.15) is 10.4 Å². The molecule has 0 radical (unpaired) electrons. The smallest absolute Gasteiger partial charge is 0.339 e. The first-order valence-electron chi connectivity index (χ1n) is 6.03. The minimum absolute atomic E-state index is 0.150. The summed E-state index contributed by atoms with van der Waals surface area (Å²) in [6.45, 7) is 0. The third kappa shape index (κ3) is 1.97. The van der Waals surface area contributed by atoms with Crippen molar-refractivity contribution in [2.24, 2.45) is 7.05 Å². The molecule has 0 bridgehead atoms. The average Bonchev–Trinajstić information content (AvgIpc) is 3.05. The van der Waals surface area contributed by atoms with E-state index in [9.17, 15) is 9.90 Å². The number of hydrogen-bond donors (Lipinski definition) is 1. The topological polar surface area (TPSA) is 72.9 Å². The van der Waals surface area contributed by atoms with Gasteiger partial charge in [-0.25, -0.2) is 9.48 Å². The van der Waals surface area contributed by atoms with Gasteiger partial charge in [0.2, 0.25) is 0 Å². The van der Waals surface area contributed by atoms with E-state index in [0.29, 0.717) is 11.4 Å². The van der Waals surface area contributed by atoms with Crippen LogP contribution >= 0.6 is 0 Å². The summed E-state index contributed by atoms with van der Waals surface area (Å²) < 4.78 is 3.16. The minimum Gasteiger partial charge on any atom is -0.478 e. The highest BCUT2D eigenvalue weighted by Crippen LogP contribution is 2.23. The first-order chi connectivity index (χ1) is 9.66. The summed E-state index contributed by atoms with van der Waals surface area (Å²) in [6, 6.07) is 11.1.